The Morgan fingerprint density at radius 3 is 2.52 bits per heavy atom. The molecule has 21 heavy (non-hydrogen) atoms. The first-order valence-corrected chi connectivity index (χ1v) is 5.98. The lowest BCUT2D eigenvalue weighted by Crippen LogP contribution is -2.05. The highest BCUT2D eigenvalue weighted by atomic mass is 35.5. The molecule has 0 bridgehead atoms. The Morgan fingerprint density at radius 2 is 1.95 bits per heavy atom. The second-order valence-corrected chi connectivity index (χ2v) is 4.46. The minimum Gasteiger partial charge on any atom is -0.477 e. The summed E-state index contributed by atoms with van der Waals surface area (Å²) in [6.07, 6.45) is -3.21. The number of aromatic nitrogens is 1. The van der Waals surface area contributed by atoms with E-state index in [2.05, 4.69) is 10.3 Å². The minimum atomic E-state index is -4.48. The first-order valence-electron chi connectivity index (χ1n) is 5.60. The molecule has 0 aliphatic heterocycles. The maximum atomic E-state index is 12.5. The number of anilines is 2. The van der Waals surface area contributed by atoms with Gasteiger partial charge in [-0.3, -0.25) is 0 Å². The number of hydrogen-bond donors (Lipinski definition) is 2. The van der Waals surface area contributed by atoms with E-state index in [1.165, 1.54) is 24.4 Å². The van der Waals surface area contributed by atoms with Crippen LogP contribution >= 0.6 is 11.6 Å². The van der Waals surface area contributed by atoms with Gasteiger partial charge in [0, 0.05) is 11.9 Å². The van der Waals surface area contributed by atoms with Gasteiger partial charge in [-0.25, -0.2) is 9.78 Å². The zero-order chi connectivity index (χ0) is 15.6. The molecule has 0 unspecified atom stereocenters. The van der Waals surface area contributed by atoms with Crippen molar-refractivity contribution in [3.63, 3.8) is 0 Å². The third-order valence-electron chi connectivity index (χ3n) is 2.55. The number of aromatic carboxylic acids is 1. The molecule has 1 aromatic carbocycles. The lowest BCUT2D eigenvalue weighted by atomic mass is 10.2. The van der Waals surface area contributed by atoms with Crippen LogP contribution in [0.15, 0.2) is 36.5 Å². The van der Waals surface area contributed by atoms with Gasteiger partial charge in [-0.05, 0) is 30.3 Å². The first kappa shape index (κ1) is 15.1. The van der Waals surface area contributed by atoms with Crippen LogP contribution in [-0.4, -0.2) is 16.1 Å². The van der Waals surface area contributed by atoms with Gasteiger partial charge in [-0.15, -0.1) is 0 Å². The molecule has 1 heterocycles. The molecule has 4 nitrogen and oxygen atoms in total. The van der Waals surface area contributed by atoms with Gasteiger partial charge in [0.2, 0.25) is 0 Å². The maximum Gasteiger partial charge on any atom is 0.416 e. The fourth-order valence-corrected chi connectivity index (χ4v) is 1.80. The van der Waals surface area contributed by atoms with E-state index in [1.807, 2.05) is 0 Å². The standard InChI is InChI=1S/C13H8ClF3N2O2/c14-9-5-7(13(15,16)17)1-2-10(9)19-8-3-4-18-11(6-8)12(20)21/h1-6H,(H,18,19)(H,20,21). The molecule has 0 aliphatic rings. The number of alkyl halides is 3. The monoisotopic (exact) mass is 316 g/mol. The molecule has 0 radical (unpaired) electrons. The summed E-state index contributed by atoms with van der Waals surface area (Å²) in [7, 11) is 0. The molecular formula is C13H8ClF3N2O2. The number of benzene rings is 1. The Hall–Kier alpha value is -2.28. The molecule has 0 spiro atoms. The number of nitrogens with zero attached hydrogens (tertiary/aromatic N) is 1. The molecular weight excluding hydrogens is 309 g/mol. The predicted octanol–water partition coefficient (Wildman–Crippen LogP) is 4.20. The van der Waals surface area contributed by atoms with Crippen molar-refractivity contribution in [1.82, 2.24) is 4.98 Å². The Bertz CT molecular complexity index is 689. The molecule has 0 aliphatic carbocycles. The number of hydrogen-bond acceptors (Lipinski definition) is 3. The summed E-state index contributed by atoms with van der Waals surface area (Å²) < 4.78 is 37.5. The molecule has 0 saturated carbocycles. The van der Waals surface area contributed by atoms with Crippen LogP contribution in [0.25, 0.3) is 0 Å². The fraction of sp³-hybridized carbons (Fsp3) is 0.0769. The van der Waals surface area contributed by atoms with E-state index in [0.717, 1.165) is 12.1 Å². The summed E-state index contributed by atoms with van der Waals surface area (Å²) in [6, 6.07) is 5.57. The smallest absolute Gasteiger partial charge is 0.416 e. The van der Waals surface area contributed by atoms with Crippen molar-refractivity contribution >= 4 is 28.9 Å². The largest absolute Gasteiger partial charge is 0.477 e. The fourth-order valence-electron chi connectivity index (χ4n) is 1.57. The Morgan fingerprint density at radius 1 is 1.24 bits per heavy atom. The highest BCUT2D eigenvalue weighted by Crippen LogP contribution is 2.34. The molecule has 110 valence electrons. The first-order chi connectivity index (χ1) is 9.77. The topological polar surface area (TPSA) is 62.2 Å². The Kier molecular flexibility index (Phi) is 4.04. The third-order valence-corrected chi connectivity index (χ3v) is 2.87. The molecule has 0 amide bonds. The van der Waals surface area contributed by atoms with Crippen LogP contribution in [0.1, 0.15) is 16.1 Å². The number of carboxylic acids is 1. The van der Waals surface area contributed by atoms with E-state index < -0.39 is 17.7 Å². The van der Waals surface area contributed by atoms with Gasteiger partial charge in [-0.1, -0.05) is 11.6 Å². The highest BCUT2D eigenvalue weighted by molar-refractivity contribution is 6.33. The lowest BCUT2D eigenvalue weighted by molar-refractivity contribution is -0.137. The molecule has 2 rings (SSSR count). The average molecular weight is 317 g/mol. The third kappa shape index (κ3) is 3.63. The zero-order valence-corrected chi connectivity index (χ0v) is 11.0. The number of rotatable bonds is 3. The Labute approximate surface area is 122 Å². The lowest BCUT2D eigenvalue weighted by Gasteiger charge is -2.12. The second-order valence-electron chi connectivity index (χ2n) is 4.05. The highest BCUT2D eigenvalue weighted by Gasteiger charge is 2.30. The van der Waals surface area contributed by atoms with Gasteiger partial charge < -0.3 is 10.4 Å². The van der Waals surface area contributed by atoms with E-state index in [9.17, 15) is 18.0 Å². The van der Waals surface area contributed by atoms with Crippen LogP contribution in [0.5, 0.6) is 0 Å². The maximum absolute atomic E-state index is 12.5. The molecule has 8 heteroatoms. The number of pyridine rings is 1. The summed E-state index contributed by atoms with van der Waals surface area (Å²) in [5.74, 6) is -1.21. The van der Waals surface area contributed by atoms with Crippen LogP contribution in [0.4, 0.5) is 24.5 Å². The van der Waals surface area contributed by atoms with Crippen LogP contribution in [0.2, 0.25) is 5.02 Å². The zero-order valence-electron chi connectivity index (χ0n) is 10.3. The van der Waals surface area contributed by atoms with Crippen molar-refractivity contribution < 1.29 is 23.1 Å². The van der Waals surface area contributed by atoms with E-state index in [4.69, 9.17) is 16.7 Å². The van der Waals surface area contributed by atoms with Crippen molar-refractivity contribution in [1.29, 1.82) is 0 Å². The van der Waals surface area contributed by atoms with Crippen molar-refractivity contribution in [2.24, 2.45) is 0 Å². The Balaban J connectivity index is 2.28. The van der Waals surface area contributed by atoms with Gasteiger partial charge in [0.05, 0.1) is 16.3 Å². The number of halogens is 4. The van der Waals surface area contributed by atoms with Gasteiger partial charge in [-0.2, -0.15) is 13.2 Å². The van der Waals surface area contributed by atoms with Crippen molar-refractivity contribution in [3.8, 4) is 0 Å². The number of carboxylic acid groups (broad SMARTS) is 1. The minimum absolute atomic E-state index is 0.126. The SMILES string of the molecule is O=C(O)c1cc(Nc2ccc(C(F)(F)F)cc2Cl)ccn1. The van der Waals surface area contributed by atoms with Gasteiger partial charge in [0.1, 0.15) is 5.69 Å². The summed E-state index contributed by atoms with van der Waals surface area (Å²) >= 11 is 5.79. The summed E-state index contributed by atoms with van der Waals surface area (Å²) in [5.41, 5.74) is -0.474. The van der Waals surface area contributed by atoms with Gasteiger partial charge in [0.25, 0.3) is 0 Å². The van der Waals surface area contributed by atoms with Gasteiger partial charge >= 0.3 is 12.1 Å². The average Bonchev–Trinajstić information content (AvgIpc) is 2.40. The summed E-state index contributed by atoms with van der Waals surface area (Å²) in [5, 5.41) is 11.4. The number of nitrogens with one attached hydrogen (secondary N) is 1. The van der Waals surface area contributed by atoms with Gasteiger partial charge in [0.15, 0.2) is 0 Å². The quantitative estimate of drug-likeness (QED) is 0.891. The second kappa shape index (κ2) is 5.61. The van der Waals surface area contributed by atoms with Crippen LogP contribution < -0.4 is 5.32 Å². The normalized spacial score (nSPS) is 11.2. The molecule has 0 saturated heterocycles. The summed E-state index contributed by atoms with van der Waals surface area (Å²) in [6.45, 7) is 0. The van der Waals surface area contributed by atoms with Crippen molar-refractivity contribution in [3.05, 3.63) is 52.8 Å². The molecule has 2 N–H and O–H groups in total. The van der Waals surface area contributed by atoms with Crippen LogP contribution in [0.3, 0.4) is 0 Å². The van der Waals surface area contributed by atoms with E-state index >= 15 is 0 Å². The van der Waals surface area contributed by atoms with Crippen molar-refractivity contribution in [2.45, 2.75) is 6.18 Å². The van der Waals surface area contributed by atoms with Crippen molar-refractivity contribution in [2.75, 3.05) is 5.32 Å². The van der Waals surface area contributed by atoms with E-state index in [-0.39, 0.29) is 16.4 Å². The molecule has 1 aromatic heterocycles. The van der Waals surface area contributed by atoms with E-state index in [1.54, 1.807) is 0 Å². The summed E-state index contributed by atoms with van der Waals surface area (Å²) in [4.78, 5) is 14.4. The van der Waals surface area contributed by atoms with Crippen LogP contribution in [0, 0.1) is 0 Å². The number of carbonyl (C=O) groups is 1. The predicted molar refractivity (Wildman–Crippen MR) is 70.9 cm³/mol. The molecule has 0 atom stereocenters. The van der Waals surface area contributed by atoms with E-state index in [0.29, 0.717) is 5.69 Å². The van der Waals surface area contributed by atoms with Crippen LogP contribution in [-0.2, 0) is 6.18 Å². The molecule has 2 aromatic rings. The molecule has 0 fully saturated rings.